The van der Waals surface area contributed by atoms with Crippen molar-refractivity contribution >= 4 is 22.8 Å². The normalized spacial score (nSPS) is 12.5. The lowest BCUT2D eigenvalue weighted by Crippen LogP contribution is -2.21. The van der Waals surface area contributed by atoms with Gasteiger partial charge < -0.3 is 25.3 Å². The zero-order valence-corrected chi connectivity index (χ0v) is 17.5. The number of ether oxygens (including phenoxy) is 1. The largest absolute Gasteiger partial charge is 0.491 e. The first-order valence-corrected chi connectivity index (χ1v) is 10.1. The van der Waals surface area contributed by atoms with E-state index in [9.17, 15) is 23.1 Å². The Bertz CT molecular complexity index is 1310. The molecule has 0 saturated carbocycles. The van der Waals surface area contributed by atoms with E-state index in [2.05, 4.69) is 20.3 Å². The predicted molar refractivity (Wildman–Crippen MR) is 117 cm³/mol. The van der Waals surface area contributed by atoms with Crippen molar-refractivity contribution < 1.29 is 32.9 Å². The van der Waals surface area contributed by atoms with Gasteiger partial charge in [-0.1, -0.05) is 12.1 Å². The lowest BCUT2D eigenvalue weighted by molar-refractivity contribution is -0.137. The van der Waals surface area contributed by atoms with Crippen LogP contribution in [0.3, 0.4) is 0 Å². The highest BCUT2D eigenvalue weighted by molar-refractivity contribution is 6.11. The molecule has 8 nitrogen and oxygen atoms in total. The van der Waals surface area contributed by atoms with Crippen LogP contribution in [0.2, 0.25) is 0 Å². The molecule has 1 atom stereocenters. The highest BCUT2D eigenvalue weighted by Crippen LogP contribution is 2.39. The van der Waals surface area contributed by atoms with E-state index in [1.165, 1.54) is 24.4 Å². The molecule has 34 heavy (non-hydrogen) atoms. The zero-order chi connectivity index (χ0) is 24.3. The van der Waals surface area contributed by atoms with E-state index < -0.39 is 30.4 Å². The molecule has 4 aromatic rings. The molecule has 0 fully saturated rings. The third-order valence-electron chi connectivity index (χ3n) is 4.87. The number of halogens is 3. The van der Waals surface area contributed by atoms with E-state index in [1.807, 2.05) is 0 Å². The lowest BCUT2D eigenvalue weighted by atomic mass is 10.1. The number of aromatic amines is 1. The highest BCUT2D eigenvalue weighted by atomic mass is 19.4. The summed E-state index contributed by atoms with van der Waals surface area (Å²) >= 11 is 0. The number of para-hydroxylation sites is 1. The summed E-state index contributed by atoms with van der Waals surface area (Å²) in [5, 5.41) is 20.9. The molecule has 2 heterocycles. The summed E-state index contributed by atoms with van der Waals surface area (Å²) < 4.78 is 46.6. The Labute approximate surface area is 191 Å². The van der Waals surface area contributed by atoms with Gasteiger partial charge in [-0.2, -0.15) is 13.2 Å². The number of aromatic nitrogens is 3. The van der Waals surface area contributed by atoms with Crippen molar-refractivity contribution in [1.29, 1.82) is 0 Å². The zero-order valence-electron chi connectivity index (χ0n) is 17.5. The number of H-pyrrole nitrogens is 1. The van der Waals surface area contributed by atoms with Gasteiger partial charge in [0.15, 0.2) is 0 Å². The number of fused-ring (bicyclic) bond motifs is 1. The number of benzene rings is 2. The number of nitrogens with one attached hydrogen (secondary N) is 2. The summed E-state index contributed by atoms with van der Waals surface area (Å²) in [6, 6.07) is 13.0. The van der Waals surface area contributed by atoms with Crippen LogP contribution < -0.4 is 10.1 Å². The number of pyridine rings is 1. The van der Waals surface area contributed by atoms with Crippen molar-refractivity contribution in [2.24, 2.45) is 0 Å². The molecule has 176 valence electrons. The molecule has 2 aromatic heterocycles. The van der Waals surface area contributed by atoms with Crippen LogP contribution in [0.1, 0.15) is 15.9 Å². The molecule has 2 aromatic carbocycles. The number of anilines is 1. The lowest BCUT2D eigenvalue weighted by Gasteiger charge is -2.15. The smallest absolute Gasteiger partial charge is 0.417 e. The van der Waals surface area contributed by atoms with Crippen molar-refractivity contribution in [3.05, 3.63) is 71.9 Å². The maximum atomic E-state index is 13.8. The van der Waals surface area contributed by atoms with Crippen LogP contribution in [-0.2, 0) is 6.18 Å². The fourth-order valence-electron chi connectivity index (χ4n) is 3.26. The standard InChI is InChI=1S/C23H19F3N4O4/c24-23(25,26)17-10-14(34-12-13(32)11-31)7-8-15(17)21-28-18-5-3-4-16(20(18)30-21)22(33)29-19-6-1-2-9-27-19/h1-10,13,31-32H,11-12H2,(H,28,30)(H,27,29,33)/t13-/m1/s1. The van der Waals surface area contributed by atoms with Crippen LogP contribution in [0.15, 0.2) is 60.8 Å². The number of carbonyl (C=O) groups excluding carboxylic acids is 1. The third kappa shape index (κ3) is 5.00. The monoisotopic (exact) mass is 472 g/mol. The first-order chi connectivity index (χ1) is 16.3. The highest BCUT2D eigenvalue weighted by Gasteiger charge is 2.35. The van der Waals surface area contributed by atoms with Gasteiger partial charge in [0.1, 0.15) is 35.6 Å². The summed E-state index contributed by atoms with van der Waals surface area (Å²) in [5.41, 5.74) is -0.511. The van der Waals surface area contributed by atoms with Gasteiger partial charge in [0.2, 0.25) is 0 Å². The number of hydrogen-bond donors (Lipinski definition) is 4. The average Bonchev–Trinajstić information content (AvgIpc) is 3.26. The summed E-state index contributed by atoms with van der Waals surface area (Å²) in [6.45, 7) is -0.952. The summed E-state index contributed by atoms with van der Waals surface area (Å²) in [6.07, 6.45) is -4.44. The molecule has 0 spiro atoms. The molecule has 0 radical (unpaired) electrons. The quantitative estimate of drug-likeness (QED) is 0.326. The van der Waals surface area contributed by atoms with E-state index >= 15 is 0 Å². The fraction of sp³-hybridized carbons (Fsp3) is 0.174. The number of imidazole rings is 1. The van der Waals surface area contributed by atoms with Crippen molar-refractivity contribution in [1.82, 2.24) is 15.0 Å². The van der Waals surface area contributed by atoms with Crippen LogP contribution in [0.4, 0.5) is 19.0 Å². The molecule has 0 aliphatic carbocycles. The summed E-state index contributed by atoms with van der Waals surface area (Å²) in [5.74, 6) is -0.399. The number of hydrogen-bond acceptors (Lipinski definition) is 6. The Hall–Kier alpha value is -3.96. The van der Waals surface area contributed by atoms with Crippen LogP contribution in [0.25, 0.3) is 22.4 Å². The molecule has 0 aliphatic heterocycles. The van der Waals surface area contributed by atoms with E-state index in [4.69, 9.17) is 9.84 Å². The molecule has 0 saturated heterocycles. The Morgan fingerprint density at radius 2 is 1.97 bits per heavy atom. The van der Waals surface area contributed by atoms with Crippen LogP contribution >= 0.6 is 0 Å². The molecule has 1 amide bonds. The summed E-state index contributed by atoms with van der Waals surface area (Å²) in [4.78, 5) is 23.9. The number of nitrogens with zero attached hydrogens (tertiary/aromatic N) is 2. The van der Waals surface area contributed by atoms with Crippen LogP contribution in [0.5, 0.6) is 5.75 Å². The van der Waals surface area contributed by atoms with Crippen molar-refractivity contribution in [2.75, 3.05) is 18.5 Å². The van der Waals surface area contributed by atoms with Gasteiger partial charge in [-0.05, 0) is 42.5 Å². The van der Waals surface area contributed by atoms with Gasteiger partial charge in [0, 0.05) is 11.8 Å². The Kier molecular flexibility index (Phi) is 6.48. The van der Waals surface area contributed by atoms with E-state index in [0.717, 1.165) is 6.07 Å². The van der Waals surface area contributed by atoms with E-state index in [-0.39, 0.29) is 34.8 Å². The van der Waals surface area contributed by atoms with Gasteiger partial charge in [0.05, 0.1) is 23.3 Å². The van der Waals surface area contributed by atoms with Gasteiger partial charge in [0.25, 0.3) is 5.91 Å². The maximum absolute atomic E-state index is 13.8. The van der Waals surface area contributed by atoms with Gasteiger partial charge >= 0.3 is 6.18 Å². The molecule has 0 unspecified atom stereocenters. The minimum Gasteiger partial charge on any atom is -0.491 e. The number of rotatable bonds is 7. The second kappa shape index (κ2) is 9.49. The minimum absolute atomic E-state index is 0.0812. The fourth-order valence-corrected chi connectivity index (χ4v) is 3.26. The maximum Gasteiger partial charge on any atom is 0.417 e. The van der Waals surface area contributed by atoms with Gasteiger partial charge in [-0.15, -0.1) is 0 Å². The topological polar surface area (TPSA) is 120 Å². The molecule has 0 bridgehead atoms. The van der Waals surface area contributed by atoms with Gasteiger partial charge in [-0.25, -0.2) is 9.97 Å². The Balaban J connectivity index is 1.71. The molecule has 4 N–H and O–H groups in total. The number of amides is 1. The van der Waals surface area contributed by atoms with E-state index in [1.54, 1.807) is 30.3 Å². The number of alkyl halides is 3. The Morgan fingerprint density at radius 1 is 1.15 bits per heavy atom. The molecular formula is C23H19F3N4O4. The first-order valence-electron chi connectivity index (χ1n) is 10.1. The molecule has 11 heteroatoms. The van der Waals surface area contributed by atoms with Crippen molar-refractivity contribution in [3.63, 3.8) is 0 Å². The average molecular weight is 472 g/mol. The van der Waals surface area contributed by atoms with Crippen LogP contribution in [-0.4, -0.2) is 50.4 Å². The van der Waals surface area contributed by atoms with Crippen LogP contribution in [0, 0.1) is 0 Å². The summed E-state index contributed by atoms with van der Waals surface area (Å²) in [7, 11) is 0. The van der Waals surface area contributed by atoms with Crippen molar-refractivity contribution in [3.8, 4) is 17.1 Å². The predicted octanol–water partition coefficient (Wildman–Crippen LogP) is 3.63. The number of aliphatic hydroxyl groups excluding tert-OH is 2. The molecular weight excluding hydrogens is 453 g/mol. The second-order valence-corrected chi connectivity index (χ2v) is 7.31. The number of carbonyl (C=O) groups is 1. The third-order valence-corrected chi connectivity index (χ3v) is 4.87. The second-order valence-electron chi connectivity index (χ2n) is 7.31. The molecule has 0 aliphatic rings. The molecule has 4 rings (SSSR count). The minimum atomic E-state index is -4.73. The van der Waals surface area contributed by atoms with E-state index in [0.29, 0.717) is 11.3 Å². The number of aliphatic hydroxyl groups is 2. The van der Waals surface area contributed by atoms with Gasteiger partial charge in [-0.3, -0.25) is 4.79 Å². The van der Waals surface area contributed by atoms with Crippen molar-refractivity contribution in [2.45, 2.75) is 12.3 Å². The first kappa shape index (κ1) is 23.2. The Morgan fingerprint density at radius 3 is 2.68 bits per heavy atom. The SMILES string of the molecule is O=C(Nc1ccccn1)c1cccc2[nH]c(-c3ccc(OC[C@H](O)CO)cc3C(F)(F)F)nc12.